The van der Waals surface area contributed by atoms with E-state index in [4.69, 9.17) is 5.11 Å². The first-order valence-electron chi connectivity index (χ1n) is 4.99. The Morgan fingerprint density at radius 1 is 1.21 bits per heavy atom. The van der Waals surface area contributed by atoms with Gasteiger partial charge >= 0.3 is 12.0 Å². The van der Waals surface area contributed by atoms with Crippen molar-refractivity contribution >= 4 is 17.7 Å². The molecule has 0 saturated carbocycles. The fourth-order valence-corrected chi connectivity index (χ4v) is 1.10. The molecule has 0 unspecified atom stereocenters. The molecule has 0 aromatic heterocycles. The van der Waals surface area contributed by atoms with Crippen molar-refractivity contribution in [1.82, 2.24) is 5.32 Å². The smallest absolute Gasteiger partial charge is 0.328 e. The summed E-state index contributed by atoms with van der Waals surface area (Å²) >= 11 is 0. The molecule has 19 heavy (non-hydrogen) atoms. The van der Waals surface area contributed by atoms with E-state index < -0.39 is 35.1 Å². The molecule has 5 nitrogen and oxygen atoms in total. The summed E-state index contributed by atoms with van der Waals surface area (Å²) in [5.74, 6) is -5.76. The summed E-state index contributed by atoms with van der Waals surface area (Å²) in [5.41, 5.74) is -0.529. The van der Waals surface area contributed by atoms with Gasteiger partial charge in [-0.1, -0.05) is 6.08 Å². The van der Waals surface area contributed by atoms with E-state index in [1.54, 1.807) is 0 Å². The second-order valence-electron chi connectivity index (χ2n) is 3.30. The minimum absolute atomic E-state index is 0.122. The van der Waals surface area contributed by atoms with E-state index in [0.717, 1.165) is 18.2 Å². The first kappa shape index (κ1) is 14.6. The van der Waals surface area contributed by atoms with Crippen LogP contribution >= 0.6 is 0 Å². The normalized spacial score (nSPS) is 10.5. The zero-order chi connectivity index (χ0) is 14.4. The van der Waals surface area contributed by atoms with Crippen molar-refractivity contribution in [3.63, 3.8) is 0 Å². The highest BCUT2D eigenvalue weighted by Gasteiger charge is 2.14. The molecule has 0 aliphatic carbocycles. The predicted molar refractivity (Wildman–Crippen MR) is 60.1 cm³/mol. The van der Waals surface area contributed by atoms with E-state index in [0.29, 0.717) is 6.07 Å². The summed E-state index contributed by atoms with van der Waals surface area (Å²) in [7, 11) is 0. The molecule has 1 aromatic rings. The summed E-state index contributed by atoms with van der Waals surface area (Å²) in [4.78, 5) is 21.3. The van der Waals surface area contributed by atoms with Gasteiger partial charge in [0, 0.05) is 12.6 Å². The Morgan fingerprint density at radius 2 is 1.89 bits per heavy atom. The summed E-state index contributed by atoms with van der Waals surface area (Å²) < 4.78 is 38.6. The van der Waals surface area contributed by atoms with Crippen LogP contribution in [0, 0.1) is 17.5 Å². The van der Waals surface area contributed by atoms with Crippen molar-refractivity contribution < 1.29 is 27.9 Å². The first-order valence-corrected chi connectivity index (χ1v) is 4.99. The molecule has 0 radical (unpaired) electrons. The van der Waals surface area contributed by atoms with Crippen LogP contribution in [0.25, 0.3) is 0 Å². The molecule has 1 rings (SSSR count). The maximum Gasteiger partial charge on any atom is 0.328 e. The van der Waals surface area contributed by atoms with Crippen LogP contribution < -0.4 is 10.6 Å². The third-order valence-electron chi connectivity index (χ3n) is 1.92. The van der Waals surface area contributed by atoms with Gasteiger partial charge in [0.25, 0.3) is 0 Å². The van der Waals surface area contributed by atoms with Crippen LogP contribution in [0.4, 0.5) is 23.7 Å². The quantitative estimate of drug-likeness (QED) is 0.579. The van der Waals surface area contributed by atoms with Gasteiger partial charge in [0.1, 0.15) is 0 Å². The van der Waals surface area contributed by atoms with Gasteiger partial charge in [-0.05, 0) is 12.1 Å². The van der Waals surface area contributed by atoms with Gasteiger partial charge in [0.15, 0.2) is 17.5 Å². The monoisotopic (exact) mass is 274 g/mol. The molecular weight excluding hydrogens is 265 g/mol. The lowest BCUT2D eigenvalue weighted by atomic mass is 10.3. The third-order valence-corrected chi connectivity index (χ3v) is 1.92. The molecule has 2 amide bonds. The topological polar surface area (TPSA) is 78.4 Å². The second kappa shape index (κ2) is 6.43. The van der Waals surface area contributed by atoms with Gasteiger partial charge in [-0.2, -0.15) is 0 Å². The van der Waals surface area contributed by atoms with Crippen molar-refractivity contribution in [3.05, 3.63) is 41.7 Å². The molecule has 0 bridgehead atoms. The fourth-order valence-electron chi connectivity index (χ4n) is 1.10. The molecule has 0 atom stereocenters. The number of rotatable bonds is 4. The molecule has 0 spiro atoms. The Labute approximate surface area is 105 Å². The number of carboxylic acid groups (broad SMARTS) is 1. The maximum absolute atomic E-state index is 13.2. The Bertz CT molecular complexity index is 532. The molecule has 0 fully saturated rings. The van der Waals surface area contributed by atoms with Crippen LogP contribution in [0.3, 0.4) is 0 Å². The SMILES string of the molecule is O=C(O)/C=C/CNC(=O)Nc1ccc(F)c(F)c1F. The molecule has 8 heteroatoms. The highest BCUT2D eigenvalue weighted by atomic mass is 19.2. The van der Waals surface area contributed by atoms with Gasteiger partial charge in [-0.3, -0.25) is 0 Å². The van der Waals surface area contributed by atoms with E-state index in [2.05, 4.69) is 5.32 Å². The molecule has 0 heterocycles. The number of amides is 2. The van der Waals surface area contributed by atoms with Gasteiger partial charge in [0.05, 0.1) is 5.69 Å². The number of hydrogen-bond acceptors (Lipinski definition) is 2. The molecular formula is C11H9F3N2O3. The van der Waals surface area contributed by atoms with Gasteiger partial charge in [0.2, 0.25) is 0 Å². The average molecular weight is 274 g/mol. The van der Waals surface area contributed by atoms with Crippen molar-refractivity contribution in [2.75, 3.05) is 11.9 Å². The third kappa shape index (κ3) is 4.34. The summed E-state index contributed by atoms with van der Waals surface area (Å²) in [6.45, 7) is -0.122. The number of benzene rings is 1. The average Bonchev–Trinajstić information content (AvgIpc) is 2.35. The molecule has 3 N–H and O–H groups in total. The summed E-state index contributed by atoms with van der Waals surface area (Å²) in [5, 5.41) is 12.4. The van der Waals surface area contributed by atoms with Crippen molar-refractivity contribution in [3.8, 4) is 0 Å². The maximum atomic E-state index is 13.2. The van der Waals surface area contributed by atoms with Crippen LogP contribution in [-0.2, 0) is 4.79 Å². The zero-order valence-electron chi connectivity index (χ0n) is 9.41. The van der Waals surface area contributed by atoms with Gasteiger partial charge in [-0.25, -0.2) is 22.8 Å². The van der Waals surface area contributed by atoms with Crippen molar-refractivity contribution in [1.29, 1.82) is 0 Å². The lowest BCUT2D eigenvalue weighted by Gasteiger charge is -2.07. The van der Waals surface area contributed by atoms with E-state index in [-0.39, 0.29) is 6.54 Å². The van der Waals surface area contributed by atoms with Gasteiger partial charge in [-0.15, -0.1) is 0 Å². The number of carbonyl (C=O) groups excluding carboxylic acids is 1. The van der Waals surface area contributed by atoms with Crippen molar-refractivity contribution in [2.24, 2.45) is 0 Å². The first-order chi connectivity index (χ1) is 8.91. The summed E-state index contributed by atoms with van der Waals surface area (Å²) in [6, 6.07) is 0.638. The standard InChI is InChI=1S/C11H9F3N2O3/c12-6-3-4-7(10(14)9(6)13)16-11(19)15-5-1-2-8(17)18/h1-4H,5H2,(H,17,18)(H2,15,16,19)/b2-1+. The number of nitrogens with one attached hydrogen (secondary N) is 2. The molecule has 102 valence electrons. The number of halogens is 3. The Kier molecular flexibility index (Phi) is 4.92. The number of carboxylic acids is 1. The molecule has 1 aromatic carbocycles. The largest absolute Gasteiger partial charge is 0.478 e. The minimum Gasteiger partial charge on any atom is -0.478 e. The molecule has 0 saturated heterocycles. The Balaban J connectivity index is 2.58. The van der Waals surface area contributed by atoms with Gasteiger partial charge < -0.3 is 15.7 Å². The van der Waals surface area contributed by atoms with E-state index in [1.165, 1.54) is 0 Å². The van der Waals surface area contributed by atoms with Crippen LogP contribution in [0.5, 0.6) is 0 Å². The molecule has 0 aliphatic rings. The number of carbonyl (C=O) groups is 2. The Hall–Kier alpha value is -2.51. The predicted octanol–water partition coefficient (Wildman–Crippen LogP) is 1.87. The molecule has 0 aliphatic heterocycles. The lowest BCUT2D eigenvalue weighted by molar-refractivity contribution is -0.131. The van der Waals surface area contributed by atoms with Crippen LogP contribution in [-0.4, -0.2) is 23.7 Å². The van der Waals surface area contributed by atoms with E-state index in [1.807, 2.05) is 5.32 Å². The van der Waals surface area contributed by atoms with E-state index >= 15 is 0 Å². The zero-order valence-corrected chi connectivity index (χ0v) is 9.41. The fraction of sp³-hybridized carbons (Fsp3) is 0.0909. The highest BCUT2D eigenvalue weighted by Crippen LogP contribution is 2.19. The minimum atomic E-state index is -1.69. The van der Waals surface area contributed by atoms with Crippen LogP contribution in [0.1, 0.15) is 0 Å². The highest BCUT2D eigenvalue weighted by molar-refractivity contribution is 5.89. The number of hydrogen-bond donors (Lipinski definition) is 3. The number of anilines is 1. The summed E-state index contributed by atoms with van der Waals surface area (Å²) in [6.07, 6.45) is 1.95. The number of aliphatic carboxylic acids is 1. The van der Waals surface area contributed by atoms with Crippen LogP contribution in [0.2, 0.25) is 0 Å². The second-order valence-corrected chi connectivity index (χ2v) is 3.30. The Morgan fingerprint density at radius 3 is 2.53 bits per heavy atom. The number of urea groups is 1. The van der Waals surface area contributed by atoms with Crippen molar-refractivity contribution in [2.45, 2.75) is 0 Å². The van der Waals surface area contributed by atoms with Crippen LogP contribution in [0.15, 0.2) is 24.3 Å². The lowest BCUT2D eigenvalue weighted by Crippen LogP contribution is -2.29. The van der Waals surface area contributed by atoms with E-state index in [9.17, 15) is 22.8 Å².